The smallest absolute Gasteiger partial charge is 0.407 e. The van der Waals surface area contributed by atoms with Crippen LogP contribution in [0.4, 0.5) is 10.5 Å². The van der Waals surface area contributed by atoms with Gasteiger partial charge in [-0.1, -0.05) is 55.3 Å². The van der Waals surface area contributed by atoms with E-state index in [0.717, 1.165) is 19.5 Å². The van der Waals surface area contributed by atoms with Crippen LogP contribution in [0.2, 0.25) is 0 Å². The van der Waals surface area contributed by atoms with Crippen molar-refractivity contribution in [1.29, 1.82) is 0 Å². The Morgan fingerprint density at radius 3 is 2.68 bits per heavy atom. The van der Waals surface area contributed by atoms with E-state index in [1.807, 2.05) is 0 Å². The van der Waals surface area contributed by atoms with Gasteiger partial charge in [-0.05, 0) is 53.4 Å². The van der Waals surface area contributed by atoms with Crippen LogP contribution >= 0.6 is 0 Å². The molecule has 2 heterocycles. The number of fused-ring (bicyclic) bond motifs is 2. The average Bonchev–Trinajstić information content (AvgIpc) is 2.90. The van der Waals surface area contributed by atoms with Crippen LogP contribution in [-0.2, 0) is 13.0 Å². The molecule has 28 heavy (non-hydrogen) atoms. The fourth-order valence-electron chi connectivity index (χ4n) is 5.65. The molecule has 146 valence electrons. The third-order valence-corrected chi connectivity index (χ3v) is 6.95. The van der Waals surface area contributed by atoms with Gasteiger partial charge in [0.05, 0.1) is 6.54 Å². The Bertz CT molecular complexity index is 880. The molecule has 0 saturated heterocycles. The lowest BCUT2D eigenvalue weighted by Crippen LogP contribution is -2.42. The fraction of sp³-hybridized carbons (Fsp3) is 0.458. The maximum Gasteiger partial charge on any atom is 0.407 e. The van der Waals surface area contributed by atoms with Crippen molar-refractivity contribution in [1.82, 2.24) is 4.90 Å². The lowest BCUT2D eigenvalue weighted by Gasteiger charge is -2.45. The molecule has 2 aliphatic heterocycles. The van der Waals surface area contributed by atoms with E-state index in [9.17, 15) is 9.90 Å². The molecule has 4 nitrogen and oxygen atoms in total. The second kappa shape index (κ2) is 7.16. The van der Waals surface area contributed by atoms with Crippen LogP contribution < -0.4 is 4.90 Å². The van der Waals surface area contributed by atoms with E-state index in [0.29, 0.717) is 24.9 Å². The lowest BCUT2D eigenvalue weighted by molar-refractivity contribution is 0.144. The lowest BCUT2D eigenvalue weighted by atomic mass is 9.70. The minimum atomic E-state index is -0.806. The molecule has 2 aromatic carbocycles. The van der Waals surface area contributed by atoms with Gasteiger partial charge in [0.2, 0.25) is 0 Å². The van der Waals surface area contributed by atoms with Crippen LogP contribution in [0.3, 0.4) is 0 Å². The Labute approximate surface area is 166 Å². The molecule has 3 aliphatic rings. The molecule has 5 rings (SSSR count). The molecule has 4 heteroatoms. The van der Waals surface area contributed by atoms with Crippen molar-refractivity contribution < 1.29 is 9.90 Å². The molecular formula is C24H28N2O2. The van der Waals surface area contributed by atoms with E-state index in [1.54, 1.807) is 4.90 Å². The summed E-state index contributed by atoms with van der Waals surface area (Å²) in [6.45, 7) is 3.00. The van der Waals surface area contributed by atoms with E-state index >= 15 is 0 Å². The maximum absolute atomic E-state index is 11.7. The maximum atomic E-state index is 11.7. The molecule has 1 fully saturated rings. The van der Waals surface area contributed by atoms with Gasteiger partial charge in [0.15, 0.2) is 0 Å². The molecule has 0 bridgehead atoms. The number of nitrogens with zero attached hydrogens (tertiary/aromatic N) is 2. The van der Waals surface area contributed by atoms with Crippen molar-refractivity contribution in [2.75, 3.05) is 24.5 Å². The van der Waals surface area contributed by atoms with Crippen molar-refractivity contribution in [2.24, 2.45) is 5.92 Å². The summed E-state index contributed by atoms with van der Waals surface area (Å²) < 4.78 is 0. The molecule has 1 amide bonds. The monoisotopic (exact) mass is 376 g/mol. The van der Waals surface area contributed by atoms with Gasteiger partial charge in [-0.15, -0.1) is 0 Å². The van der Waals surface area contributed by atoms with Gasteiger partial charge in [-0.25, -0.2) is 4.79 Å². The van der Waals surface area contributed by atoms with Gasteiger partial charge in [0.1, 0.15) is 0 Å². The minimum Gasteiger partial charge on any atom is -0.465 e. The second-order valence-electron chi connectivity index (χ2n) is 8.61. The molecule has 2 atom stereocenters. The number of carboxylic acid groups (broad SMARTS) is 1. The van der Waals surface area contributed by atoms with Crippen LogP contribution in [0.15, 0.2) is 42.5 Å². The molecule has 2 aromatic rings. The molecular weight excluding hydrogens is 348 g/mol. The summed E-state index contributed by atoms with van der Waals surface area (Å²) in [7, 11) is 0. The minimum absolute atomic E-state index is 0.511. The quantitative estimate of drug-likeness (QED) is 0.814. The zero-order valence-corrected chi connectivity index (χ0v) is 16.3. The van der Waals surface area contributed by atoms with Gasteiger partial charge < -0.3 is 14.9 Å². The Morgan fingerprint density at radius 1 is 1.04 bits per heavy atom. The molecule has 1 saturated carbocycles. The van der Waals surface area contributed by atoms with Crippen LogP contribution in [0, 0.1) is 5.92 Å². The number of anilines is 1. The van der Waals surface area contributed by atoms with Gasteiger partial charge in [-0.2, -0.15) is 0 Å². The highest BCUT2D eigenvalue weighted by molar-refractivity contribution is 5.70. The van der Waals surface area contributed by atoms with Crippen molar-refractivity contribution in [3.63, 3.8) is 0 Å². The molecule has 0 radical (unpaired) electrons. The first-order valence-electron chi connectivity index (χ1n) is 10.6. The average molecular weight is 377 g/mol. The van der Waals surface area contributed by atoms with E-state index in [-0.39, 0.29) is 0 Å². The van der Waals surface area contributed by atoms with Crippen molar-refractivity contribution in [2.45, 2.75) is 44.6 Å². The Hall–Kier alpha value is -2.49. The van der Waals surface area contributed by atoms with Crippen molar-refractivity contribution in [3.05, 3.63) is 64.7 Å². The van der Waals surface area contributed by atoms with E-state index in [2.05, 4.69) is 47.4 Å². The van der Waals surface area contributed by atoms with Gasteiger partial charge in [0, 0.05) is 25.3 Å². The topological polar surface area (TPSA) is 43.8 Å². The first kappa shape index (κ1) is 17.6. The standard InChI is InChI=1S/C24H28N2O2/c27-24(28)26-13-12-25-15-19-8-4-5-9-21(19)22-18(10-11-20(16-26)23(22)25)14-17-6-2-1-3-7-17/h1-3,6-7,10-11,19,21H,4-5,8-9,12-16H2,(H,27,28). The van der Waals surface area contributed by atoms with Gasteiger partial charge in [0.25, 0.3) is 0 Å². The SMILES string of the molecule is O=C(O)N1CCN2CC3CCCCC3c3c(Cc4ccccc4)ccc(c32)C1. The highest BCUT2D eigenvalue weighted by atomic mass is 16.4. The first-order valence-corrected chi connectivity index (χ1v) is 10.6. The largest absolute Gasteiger partial charge is 0.465 e. The summed E-state index contributed by atoms with van der Waals surface area (Å²) in [6.07, 6.45) is 5.39. The highest BCUT2D eigenvalue weighted by Gasteiger charge is 2.39. The summed E-state index contributed by atoms with van der Waals surface area (Å²) >= 11 is 0. The van der Waals surface area contributed by atoms with Crippen LogP contribution in [0.25, 0.3) is 0 Å². The zero-order chi connectivity index (χ0) is 19.1. The molecule has 1 aliphatic carbocycles. The Morgan fingerprint density at radius 2 is 1.86 bits per heavy atom. The van der Waals surface area contributed by atoms with Gasteiger partial charge >= 0.3 is 6.09 Å². The fourth-order valence-corrected chi connectivity index (χ4v) is 5.65. The predicted octanol–water partition coefficient (Wildman–Crippen LogP) is 4.86. The number of hydrogen-bond donors (Lipinski definition) is 1. The third kappa shape index (κ3) is 3.05. The molecule has 2 unspecified atom stereocenters. The highest BCUT2D eigenvalue weighted by Crippen LogP contribution is 2.49. The summed E-state index contributed by atoms with van der Waals surface area (Å²) in [6, 6.07) is 15.2. The van der Waals surface area contributed by atoms with Crippen LogP contribution in [-0.4, -0.2) is 35.7 Å². The van der Waals surface area contributed by atoms with E-state index in [1.165, 1.54) is 53.6 Å². The second-order valence-corrected chi connectivity index (χ2v) is 8.61. The van der Waals surface area contributed by atoms with E-state index in [4.69, 9.17) is 0 Å². The summed E-state index contributed by atoms with van der Waals surface area (Å²) in [5, 5.41) is 9.60. The van der Waals surface area contributed by atoms with Gasteiger partial charge in [-0.3, -0.25) is 0 Å². The summed E-state index contributed by atoms with van der Waals surface area (Å²) in [4.78, 5) is 15.8. The normalized spacial score (nSPS) is 23.6. The molecule has 0 spiro atoms. The van der Waals surface area contributed by atoms with Crippen molar-refractivity contribution in [3.8, 4) is 0 Å². The number of carbonyl (C=O) groups is 1. The first-order chi connectivity index (χ1) is 13.7. The van der Waals surface area contributed by atoms with Crippen LogP contribution in [0.5, 0.6) is 0 Å². The van der Waals surface area contributed by atoms with E-state index < -0.39 is 6.09 Å². The molecule has 1 N–H and O–H groups in total. The molecule has 0 aromatic heterocycles. The number of hydrogen-bond acceptors (Lipinski definition) is 2. The Kier molecular flexibility index (Phi) is 4.50. The Balaban J connectivity index is 1.62. The third-order valence-electron chi connectivity index (χ3n) is 6.95. The number of rotatable bonds is 2. The predicted molar refractivity (Wildman–Crippen MR) is 111 cm³/mol. The number of amides is 1. The summed E-state index contributed by atoms with van der Waals surface area (Å²) in [5.74, 6) is 1.34. The van der Waals surface area contributed by atoms with Crippen LogP contribution in [0.1, 0.15) is 53.9 Å². The van der Waals surface area contributed by atoms with Crippen molar-refractivity contribution >= 4 is 11.8 Å². The summed E-state index contributed by atoms with van der Waals surface area (Å²) in [5.41, 5.74) is 6.87. The zero-order valence-electron chi connectivity index (χ0n) is 16.3. The number of benzene rings is 2.